The number of esters is 1. The van der Waals surface area contributed by atoms with Crippen molar-refractivity contribution in [2.75, 3.05) is 0 Å². The number of allylic oxidation sites excluding steroid dienone is 3. The SMILES string of the molecule is CCc1ccc([C@H]2C(C(=O)OC3CCCC3)=C(C)NC3=C2C(=O)CC(C)(C)C3)cc1. The lowest BCUT2D eigenvalue weighted by Crippen LogP contribution is -2.39. The molecular weight excluding hydrogens is 374 g/mol. The van der Waals surface area contributed by atoms with Crippen molar-refractivity contribution in [3.63, 3.8) is 0 Å². The number of aryl methyl sites for hydroxylation is 1. The molecule has 4 heteroatoms. The van der Waals surface area contributed by atoms with Crippen molar-refractivity contribution in [3.05, 3.63) is 57.9 Å². The molecule has 2 aliphatic carbocycles. The third-order valence-corrected chi connectivity index (χ3v) is 6.76. The van der Waals surface area contributed by atoms with E-state index in [-0.39, 0.29) is 29.2 Å². The highest BCUT2D eigenvalue weighted by Gasteiger charge is 2.43. The van der Waals surface area contributed by atoms with E-state index < -0.39 is 0 Å². The molecule has 0 spiro atoms. The van der Waals surface area contributed by atoms with Crippen LogP contribution in [0.15, 0.2) is 46.8 Å². The predicted molar refractivity (Wildman–Crippen MR) is 118 cm³/mol. The molecular formula is C26H33NO3. The van der Waals surface area contributed by atoms with E-state index >= 15 is 0 Å². The summed E-state index contributed by atoms with van der Waals surface area (Å²) in [6.07, 6.45) is 6.35. The van der Waals surface area contributed by atoms with Gasteiger partial charge in [-0.1, -0.05) is 45.0 Å². The molecule has 0 unspecified atom stereocenters. The lowest BCUT2D eigenvalue weighted by molar-refractivity contribution is -0.144. The zero-order valence-corrected chi connectivity index (χ0v) is 18.6. The molecule has 1 N–H and O–H groups in total. The van der Waals surface area contributed by atoms with Gasteiger partial charge in [0.25, 0.3) is 0 Å². The smallest absolute Gasteiger partial charge is 0.337 e. The molecule has 0 amide bonds. The number of ketones is 1. The van der Waals surface area contributed by atoms with Crippen LogP contribution < -0.4 is 5.32 Å². The molecule has 3 aliphatic rings. The first-order valence-electron chi connectivity index (χ1n) is 11.3. The first-order chi connectivity index (χ1) is 14.3. The van der Waals surface area contributed by atoms with Gasteiger partial charge in [-0.05, 0) is 62.0 Å². The third-order valence-electron chi connectivity index (χ3n) is 6.76. The van der Waals surface area contributed by atoms with Gasteiger partial charge in [0.15, 0.2) is 5.78 Å². The Balaban J connectivity index is 1.77. The Morgan fingerprint density at radius 3 is 2.43 bits per heavy atom. The summed E-state index contributed by atoms with van der Waals surface area (Å²) in [5.41, 5.74) is 5.28. The normalized spacial score (nSPS) is 24.0. The topological polar surface area (TPSA) is 55.4 Å². The fourth-order valence-electron chi connectivity index (χ4n) is 5.21. The molecule has 1 saturated carbocycles. The van der Waals surface area contributed by atoms with Gasteiger partial charge in [-0.25, -0.2) is 4.79 Å². The summed E-state index contributed by atoms with van der Waals surface area (Å²) in [5.74, 6) is -0.498. The Hall–Kier alpha value is -2.36. The van der Waals surface area contributed by atoms with Crippen molar-refractivity contribution >= 4 is 11.8 Å². The van der Waals surface area contributed by atoms with E-state index in [0.717, 1.165) is 61.1 Å². The fourth-order valence-corrected chi connectivity index (χ4v) is 5.21. The van der Waals surface area contributed by atoms with E-state index in [4.69, 9.17) is 4.74 Å². The number of hydrogen-bond donors (Lipinski definition) is 1. The maximum Gasteiger partial charge on any atom is 0.337 e. The van der Waals surface area contributed by atoms with E-state index in [9.17, 15) is 9.59 Å². The molecule has 30 heavy (non-hydrogen) atoms. The fraction of sp³-hybridized carbons (Fsp3) is 0.538. The Labute approximate surface area is 179 Å². The molecule has 1 aromatic carbocycles. The Morgan fingerprint density at radius 2 is 1.80 bits per heavy atom. The zero-order chi connectivity index (χ0) is 21.5. The maximum absolute atomic E-state index is 13.3. The van der Waals surface area contributed by atoms with Crippen LogP contribution in [0.1, 0.15) is 83.3 Å². The Bertz CT molecular complexity index is 914. The molecule has 0 aromatic heterocycles. The van der Waals surface area contributed by atoms with E-state index in [2.05, 4.69) is 50.4 Å². The highest BCUT2D eigenvalue weighted by Crippen LogP contribution is 2.47. The van der Waals surface area contributed by atoms with Gasteiger partial charge in [0, 0.05) is 29.3 Å². The molecule has 0 saturated heterocycles. The van der Waals surface area contributed by atoms with Gasteiger partial charge >= 0.3 is 5.97 Å². The monoisotopic (exact) mass is 407 g/mol. The van der Waals surface area contributed by atoms with Gasteiger partial charge < -0.3 is 10.1 Å². The summed E-state index contributed by atoms with van der Waals surface area (Å²) in [6, 6.07) is 8.35. The zero-order valence-electron chi connectivity index (χ0n) is 18.6. The summed E-state index contributed by atoms with van der Waals surface area (Å²) in [6.45, 7) is 8.32. The largest absolute Gasteiger partial charge is 0.459 e. The third kappa shape index (κ3) is 3.97. The standard InChI is InChI=1S/C26H33NO3/c1-5-17-10-12-18(13-11-17)23-22(25(29)30-19-8-6-7-9-19)16(2)27-20-14-26(3,4)15-21(28)24(20)23/h10-13,19,23,27H,5-9,14-15H2,1-4H3/t23-/m0/s1. The molecule has 160 valence electrons. The number of hydrogen-bond acceptors (Lipinski definition) is 4. The molecule has 4 nitrogen and oxygen atoms in total. The average molecular weight is 408 g/mol. The summed E-state index contributed by atoms with van der Waals surface area (Å²) in [5, 5.41) is 3.42. The lowest BCUT2D eigenvalue weighted by Gasteiger charge is -2.39. The van der Waals surface area contributed by atoms with Crippen molar-refractivity contribution in [2.24, 2.45) is 5.41 Å². The van der Waals surface area contributed by atoms with Gasteiger partial charge in [-0.3, -0.25) is 4.79 Å². The van der Waals surface area contributed by atoms with E-state index in [0.29, 0.717) is 12.0 Å². The van der Waals surface area contributed by atoms with E-state index in [1.165, 1.54) is 5.56 Å². The molecule has 1 heterocycles. The molecule has 1 atom stereocenters. The average Bonchev–Trinajstić information content (AvgIpc) is 3.18. The van der Waals surface area contributed by atoms with Crippen molar-refractivity contribution in [1.82, 2.24) is 5.32 Å². The highest BCUT2D eigenvalue weighted by molar-refractivity contribution is 6.04. The lowest BCUT2D eigenvalue weighted by atomic mass is 9.68. The molecule has 0 bridgehead atoms. The number of benzene rings is 1. The van der Waals surface area contributed by atoms with Gasteiger partial charge in [-0.2, -0.15) is 0 Å². The van der Waals surface area contributed by atoms with Crippen LogP contribution in [0.5, 0.6) is 0 Å². The van der Waals surface area contributed by atoms with Crippen LogP contribution in [0.4, 0.5) is 0 Å². The Kier molecular flexibility index (Phi) is 5.61. The predicted octanol–water partition coefficient (Wildman–Crippen LogP) is 5.34. The van der Waals surface area contributed by atoms with Crippen molar-refractivity contribution in [3.8, 4) is 0 Å². The number of rotatable bonds is 4. The summed E-state index contributed by atoms with van der Waals surface area (Å²) in [7, 11) is 0. The van der Waals surface area contributed by atoms with Crippen molar-refractivity contribution in [2.45, 2.75) is 84.7 Å². The second-order valence-corrected chi connectivity index (χ2v) is 9.84. The van der Waals surface area contributed by atoms with Crippen LogP contribution in [0.3, 0.4) is 0 Å². The van der Waals surface area contributed by atoms with Gasteiger partial charge in [0.05, 0.1) is 5.57 Å². The minimum Gasteiger partial charge on any atom is -0.459 e. The minimum absolute atomic E-state index is 0.00251. The van der Waals surface area contributed by atoms with Crippen LogP contribution in [0.2, 0.25) is 0 Å². The summed E-state index contributed by atoms with van der Waals surface area (Å²) in [4.78, 5) is 26.6. The summed E-state index contributed by atoms with van der Waals surface area (Å²) < 4.78 is 5.90. The molecule has 0 radical (unpaired) electrons. The number of ether oxygens (including phenoxy) is 1. The second-order valence-electron chi connectivity index (χ2n) is 9.84. The van der Waals surface area contributed by atoms with Crippen LogP contribution >= 0.6 is 0 Å². The first-order valence-corrected chi connectivity index (χ1v) is 11.3. The molecule has 1 aromatic rings. The number of Topliss-reactive ketones (excluding diaryl/α,β-unsaturated/α-hetero) is 1. The Morgan fingerprint density at radius 1 is 1.13 bits per heavy atom. The second kappa shape index (κ2) is 8.05. The molecule has 1 aliphatic heterocycles. The maximum atomic E-state index is 13.3. The van der Waals surface area contributed by atoms with Crippen LogP contribution in [0.25, 0.3) is 0 Å². The number of carbonyl (C=O) groups excluding carboxylic acids is 2. The van der Waals surface area contributed by atoms with Gasteiger partial charge in [0.2, 0.25) is 0 Å². The van der Waals surface area contributed by atoms with E-state index in [1.807, 2.05) is 6.92 Å². The molecule has 4 rings (SSSR count). The van der Waals surface area contributed by atoms with Crippen LogP contribution in [-0.4, -0.2) is 17.9 Å². The van der Waals surface area contributed by atoms with Crippen LogP contribution in [-0.2, 0) is 20.7 Å². The number of dihydropyridines is 1. The number of nitrogens with one attached hydrogen (secondary N) is 1. The quantitative estimate of drug-likeness (QED) is 0.685. The van der Waals surface area contributed by atoms with E-state index in [1.54, 1.807) is 0 Å². The van der Waals surface area contributed by atoms with Crippen molar-refractivity contribution in [1.29, 1.82) is 0 Å². The summed E-state index contributed by atoms with van der Waals surface area (Å²) >= 11 is 0. The number of carbonyl (C=O) groups is 2. The van der Waals surface area contributed by atoms with Crippen molar-refractivity contribution < 1.29 is 14.3 Å². The molecule has 1 fully saturated rings. The van der Waals surface area contributed by atoms with Crippen LogP contribution in [0, 0.1) is 5.41 Å². The minimum atomic E-state index is -0.357. The highest BCUT2D eigenvalue weighted by atomic mass is 16.5. The van der Waals surface area contributed by atoms with Gasteiger partial charge in [0.1, 0.15) is 6.10 Å². The van der Waals surface area contributed by atoms with Gasteiger partial charge in [-0.15, -0.1) is 0 Å². The first kappa shape index (κ1) is 20.9.